The van der Waals surface area contributed by atoms with E-state index in [0.717, 1.165) is 50.4 Å². The minimum absolute atomic E-state index is 0.0516. The number of nitrogens with zero attached hydrogens (tertiary/aromatic N) is 3. The number of ether oxygens (including phenoxy) is 1. The normalized spacial score (nSPS) is 19.7. The number of nitrogens with one attached hydrogen (secondary N) is 1. The molecule has 0 unspecified atom stereocenters. The fourth-order valence-electron chi connectivity index (χ4n) is 3.76. The van der Waals surface area contributed by atoms with Crippen molar-refractivity contribution >= 4 is 5.91 Å². The van der Waals surface area contributed by atoms with E-state index in [1.165, 1.54) is 5.56 Å². The highest BCUT2D eigenvalue weighted by Gasteiger charge is 2.28. The zero-order chi connectivity index (χ0) is 17.9. The zero-order valence-corrected chi connectivity index (χ0v) is 15.1. The van der Waals surface area contributed by atoms with Gasteiger partial charge in [0, 0.05) is 61.5 Å². The highest BCUT2D eigenvalue weighted by Crippen LogP contribution is 2.27. The Labute approximate surface area is 153 Å². The number of amides is 1. The number of likely N-dealkylation sites (tertiary alicyclic amines) is 1. The van der Waals surface area contributed by atoms with Gasteiger partial charge in [-0.2, -0.15) is 0 Å². The van der Waals surface area contributed by atoms with Crippen LogP contribution in [0.2, 0.25) is 0 Å². The standard InChI is InChI=1S/C20H24N4O2/c1-26-17-6-2-4-14(10-17)20(25)24-9-3-5-15(13-24)19-22-12-16-11-21-8-7-18(16)23-19/h2,4,6,10,12,15,21H,3,5,7-9,11,13H2,1H3/t15-/m1/s1. The van der Waals surface area contributed by atoms with Crippen molar-refractivity contribution in [1.29, 1.82) is 0 Å². The second kappa shape index (κ2) is 7.41. The Kier molecular flexibility index (Phi) is 4.84. The van der Waals surface area contributed by atoms with Gasteiger partial charge in [0.05, 0.1) is 7.11 Å². The third-order valence-electron chi connectivity index (χ3n) is 5.22. The van der Waals surface area contributed by atoms with Gasteiger partial charge in [-0.05, 0) is 31.0 Å². The lowest BCUT2D eigenvalue weighted by atomic mass is 9.96. The molecular weight excluding hydrogens is 328 g/mol. The van der Waals surface area contributed by atoms with Gasteiger partial charge in [0.15, 0.2) is 0 Å². The molecule has 4 rings (SSSR count). The molecule has 2 aliphatic heterocycles. The quantitative estimate of drug-likeness (QED) is 0.917. The van der Waals surface area contributed by atoms with Crippen LogP contribution in [0.4, 0.5) is 0 Å². The molecule has 26 heavy (non-hydrogen) atoms. The summed E-state index contributed by atoms with van der Waals surface area (Å²) in [4.78, 5) is 24.2. The Morgan fingerprint density at radius 2 is 2.31 bits per heavy atom. The average Bonchev–Trinajstić information content (AvgIpc) is 2.73. The molecule has 6 nitrogen and oxygen atoms in total. The highest BCUT2D eigenvalue weighted by molar-refractivity contribution is 5.94. The second-order valence-electron chi connectivity index (χ2n) is 6.95. The molecule has 3 heterocycles. The molecule has 0 saturated carbocycles. The molecule has 0 radical (unpaired) electrons. The van der Waals surface area contributed by atoms with Gasteiger partial charge >= 0.3 is 0 Å². The van der Waals surface area contributed by atoms with Crippen LogP contribution in [0.15, 0.2) is 30.5 Å². The lowest BCUT2D eigenvalue weighted by Gasteiger charge is -2.32. The predicted molar refractivity (Wildman–Crippen MR) is 98.3 cm³/mol. The first-order valence-corrected chi connectivity index (χ1v) is 9.23. The summed E-state index contributed by atoms with van der Waals surface area (Å²) in [6.45, 7) is 3.27. The molecular formula is C20H24N4O2. The molecule has 0 spiro atoms. The molecule has 1 aromatic carbocycles. The zero-order valence-electron chi connectivity index (χ0n) is 15.1. The van der Waals surface area contributed by atoms with Crippen molar-refractivity contribution in [2.75, 3.05) is 26.7 Å². The Bertz CT molecular complexity index is 808. The van der Waals surface area contributed by atoms with E-state index in [1.54, 1.807) is 13.2 Å². The molecule has 1 aromatic heterocycles. The van der Waals surface area contributed by atoms with E-state index in [9.17, 15) is 4.79 Å². The lowest BCUT2D eigenvalue weighted by molar-refractivity contribution is 0.0704. The van der Waals surface area contributed by atoms with Gasteiger partial charge in [0.2, 0.25) is 0 Å². The summed E-state index contributed by atoms with van der Waals surface area (Å²) in [5.74, 6) is 1.85. The summed E-state index contributed by atoms with van der Waals surface area (Å²) in [5, 5.41) is 3.35. The van der Waals surface area contributed by atoms with E-state index in [0.29, 0.717) is 17.9 Å². The Hall–Kier alpha value is -2.47. The number of fused-ring (bicyclic) bond motifs is 1. The minimum Gasteiger partial charge on any atom is -0.497 e. The van der Waals surface area contributed by atoms with Gasteiger partial charge in [0.25, 0.3) is 5.91 Å². The Balaban J connectivity index is 1.51. The summed E-state index contributed by atoms with van der Waals surface area (Å²) in [7, 11) is 1.61. The summed E-state index contributed by atoms with van der Waals surface area (Å²) >= 11 is 0. The van der Waals surface area contributed by atoms with Crippen LogP contribution in [0.25, 0.3) is 0 Å². The van der Waals surface area contributed by atoms with Crippen molar-refractivity contribution in [2.24, 2.45) is 0 Å². The topological polar surface area (TPSA) is 67.3 Å². The van der Waals surface area contributed by atoms with E-state index < -0.39 is 0 Å². The first kappa shape index (κ1) is 17.0. The molecule has 1 fully saturated rings. The molecule has 136 valence electrons. The number of benzene rings is 1. The molecule has 1 atom stereocenters. The van der Waals surface area contributed by atoms with Crippen LogP contribution in [0.1, 0.15) is 46.2 Å². The second-order valence-corrected chi connectivity index (χ2v) is 6.95. The van der Waals surface area contributed by atoms with Gasteiger partial charge < -0.3 is 15.0 Å². The molecule has 2 aliphatic rings. The molecule has 6 heteroatoms. The van der Waals surface area contributed by atoms with Crippen LogP contribution in [0.3, 0.4) is 0 Å². The van der Waals surface area contributed by atoms with E-state index in [4.69, 9.17) is 9.72 Å². The molecule has 1 amide bonds. The van der Waals surface area contributed by atoms with E-state index in [1.807, 2.05) is 29.3 Å². The van der Waals surface area contributed by atoms with Crippen LogP contribution in [-0.4, -0.2) is 47.5 Å². The third kappa shape index (κ3) is 3.42. The fourth-order valence-corrected chi connectivity index (χ4v) is 3.76. The first-order chi connectivity index (χ1) is 12.7. The molecule has 2 aromatic rings. The number of piperidine rings is 1. The number of methoxy groups -OCH3 is 1. The van der Waals surface area contributed by atoms with Crippen molar-refractivity contribution in [3.05, 3.63) is 53.1 Å². The number of aromatic nitrogens is 2. The number of hydrogen-bond acceptors (Lipinski definition) is 5. The third-order valence-corrected chi connectivity index (χ3v) is 5.22. The van der Waals surface area contributed by atoms with Gasteiger partial charge in [-0.15, -0.1) is 0 Å². The number of hydrogen-bond donors (Lipinski definition) is 1. The van der Waals surface area contributed by atoms with Crippen LogP contribution >= 0.6 is 0 Å². The Morgan fingerprint density at radius 3 is 3.19 bits per heavy atom. The monoisotopic (exact) mass is 352 g/mol. The summed E-state index contributed by atoms with van der Waals surface area (Å²) < 4.78 is 5.24. The van der Waals surface area contributed by atoms with Crippen molar-refractivity contribution in [1.82, 2.24) is 20.2 Å². The van der Waals surface area contributed by atoms with Crippen LogP contribution < -0.4 is 10.1 Å². The first-order valence-electron chi connectivity index (χ1n) is 9.23. The predicted octanol–water partition coefficient (Wildman–Crippen LogP) is 2.15. The maximum atomic E-state index is 12.9. The van der Waals surface area contributed by atoms with E-state index in [-0.39, 0.29) is 11.8 Å². The smallest absolute Gasteiger partial charge is 0.254 e. The number of rotatable bonds is 3. The van der Waals surface area contributed by atoms with Crippen LogP contribution in [0, 0.1) is 0 Å². The largest absolute Gasteiger partial charge is 0.497 e. The van der Waals surface area contributed by atoms with Crippen molar-refractivity contribution < 1.29 is 9.53 Å². The fraction of sp³-hybridized carbons (Fsp3) is 0.450. The molecule has 1 N–H and O–H groups in total. The van der Waals surface area contributed by atoms with Crippen molar-refractivity contribution in [3.8, 4) is 5.75 Å². The van der Waals surface area contributed by atoms with Gasteiger partial charge in [-0.3, -0.25) is 4.79 Å². The number of carbonyl (C=O) groups excluding carboxylic acids is 1. The maximum absolute atomic E-state index is 12.9. The summed E-state index contributed by atoms with van der Waals surface area (Å²) in [6, 6.07) is 7.35. The molecule has 0 aliphatic carbocycles. The summed E-state index contributed by atoms with van der Waals surface area (Å²) in [6.07, 6.45) is 4.90. The van der Waals surface area contributed by atoms with Gasteiger partial charge in [-0.25, -0.2) is 9.97 Å². The van der Waals surface area contributed by atoms with Crippen LogP contribution in [0.5, 0.6) is 5.75 Å². The van der Waals surface area contributed by atoms with E-state index in [2.05, 4.69) is 10.3 Å². The minimum atomic E-state index is 0.0516. The lowest BCUT2D eigenvalue weighted by Crippen LogP contribution is -2.39. The molecule has 0 bridgehead atoms. The molecule has 1 saturated heterocycles. The van der Waals surface area contributed by atoms with E-state index >= 15 is 0 Å². The summed E-state index contributed by atoms with van der Waals surface area (Å²) in [5.41, 5.74) is 3.02. The maximum Gasteiger partial charge on any atom is 0.254 e. The van der Waals surface area contributed by atoms with Crippen LogP contribution in [-0.2, 0) is 13.0 Å². The number of carbonyl (C=O) groups is 1. The SMILES string of the molecule is COc1cccc(C(=O)N2CCC[C@@H](c3ncc4c(n3)CCNC4)C2)c1. The van der Waals surface area contributed by atoms with Crippen molar-refractivity contribution in [2.45, 2.75) is 31.7 Å². The van der Waals surface area contributed by atoms with Gasteiger partial charge in [0.1, 0.15) is 11.6 Å². The average molecular weight is 352 g/mol. The van der Waals surface area contributed by atoms with Gasteiger partial charge in [-0.1, -0.05) is 6.07 Å². The Morgan fingerprint density at radius 1 is 1.38 bits per heavy atom. The highest BCUT2D eigenvalue weighted by atomic mass is 16.5. The van der Waals surface area contributed by atoms with Crippen molar-refractivity contribution in [3.63, 3.8) is 0 Å².